The molecule has 2 N–H and O–H groups in total. The summed E-state index contributed by atoms with van der Waals surface area (Å²) in [4.78, 5) is 22.5. The van der Waals surface area contributed by atoms with Crippen molar-refractivity contribution in [1.82, 2.24) is 10.6 Å². The molecular formula is C13H18ClN3O4. The normalized spacial score (nSPS) is 17.5. The van der Waals surface area contributed by atoms with Crippen LogP contribution >= 0.6 is 12.4 Å². The van der Waals surface area contributed by atoms with Crippen LogP contribution in [0.15, 0.2) is 18.2 Å². The largest absolute Gasteiger partial charge is 0.490 e. The van der Waals surface area contributed by atoms with Crippen molar-refractivity contribution in [2.24, 2.45) is 0 Å². The maximum atomic E-state index is 12.1. The van der Waals surface area contributed by atoms with E-state index in [1.807, 2.05) is 0 Å². The van der Waals surface area contributed by atoms with Crippen molar-refractivity contribution in [1.29, 1.82) is 0 Å². The molecule has 0 aliphatic carbocycles. The van der Waals surface area contributed by atoms with Crippen molar-refractivity contribution in [3.63, 3.8) is 0 Å². The molecule has 116 valence electrons. The zero-order chi connectivity index (χ0) is 14.5. The molecule has 8 heteroatoms. The predicted molar refractivity (Wildman–Crippen MR) is 80.3 cm³/mol. The number of piperidine rings is 1. The number of benzene rings is 1. The Labute approximate surface area is 128 Å². The Kier molecular flexibility index (Phi) is 6.39. The molecule has 2 rings (SSSR count). The molecule has 0 spiro atoms. The first-order valence-electron chi connectivity index (χ1n) is 6.46. The highest BCUT2D eigenvalue weighted by Gasteiger charge is 2.20. The summed E-state index contributed by atoms with van der Waals surface area (Å²) in [5, 5.41) is 17.0. The SMILES string of the molecule is COc1ccc(C(=O)N[C@@H]2CCCNC2)cc1[N+](=O)[O-].Cl. The van der Waals surface area contributed by atoms with Crippen LogP contribution < -0.4 is 15.4 Å². The van der Waals surface area contributed by atoms with Crippen molar-refractivity contribution in [3.8, 4) is 5.75 Å². The van der Waals surface area contributed by atoms with E-state index in [1.54, 1.807) is 0 Å². The smallest absolute Gasteiger partial charge is 0.311 e. The monoisotopic (exact) mass is 315 g/mol. The van der Waals surface area contributed by atoms with Gasteiger partial charge in [-0.15, -0.1) is 12.4 Å². The van der Waals surface area contributed by atoms with Gasteiger partial charge in [0.1, 0.15) is 0 Å². The second-order valence-corrected chi connectivity index (χ2v) is 4.66. The number of carbonyl (C=O) groups excluding carboxylic acids is 1. The van der Waals surface area contributed by atoms with Gasteiger partial charge < -0.3 is 15.4 Å². The molecule has 0 bridgehead atoms. The van der Waals surface area contributed by atoms with Gasteiger partial charge >= 0.3 is 5.69 Å². The summed E-state index contributed by atoms with van der Waals surface area (Å²) in [5.41, 5.74) is 0.0602. The minimum absolute atomic E-state index is 0. The number of ether oxygens (including phenoxy) is 1. The molecule has 21 heavy (non-hydrogen) atoms. The summed E-state index contributed by atoms with van der Waals surface area (Å²) in [6.45, 7) is 1.68. The van der Waals surface area contributed by atoms with Crippen LogP contribution in [-0.2, 0) is 0 Å². The Morgan fingerprint density at radius 2 is 2.29 bits per heavy atom. The topological polar surface area (TPSA) is 93.5 Å². The summed E-state index contributed by atoms with van der Waals surface area (Å²) in [6, 6.07) is 4.27. The number of rotatable bonds is 4. The van der Waals surface area contributed by atoms with Crippen LogP contribution in [0.1, 0.15) is 23.2 Å². The van der Waals surface area contributed by atoms with Crippen LogP contribution in [0.25, 0.3) is 0 Å². The molecule has 1 amide bonds. The molecule has 1 heterocycles. The van der Waals surface area contributed by atoms with Crippen molar-refractivity contribution in [2.75, 3.05) is 20.2 Å². The maximum absolute atomic E-state index is 12.1. The number of nitro groups is 1. The van der Waals surface area contributed by atoms with E-state index >= 15 is 0 Å². The lowest BCUT2D eigenvalue weighted by Crippen LogP contribution is -2.45. The molecule has 1 atom stereocenters. The average Bonchev–Trinajstić information content (AvgIpc) is 2.47. The van der Waals surface area contributed by atoms with E-state index in [1.165, 1.54) is 25.3 Å². The zero-order valence-corrected chi connectivity index (χ0v) is 12.4. The van der Waals surface area contributed by atoms with E-state index in [0.717, 1.165) is 25.9 Å². The lowest BCUT2D eigenvalue weighted by molar-refractivity contribution is -0.385. The van der Waals surface area contributed by atoms with Gasteiger partial charge in [-0.3, -0.25) is 14.9 Å². The number of nitrogens with zero attached hydrogens (tertiary/aromatic N) is 1. The van der Waals surface area contributed by atoms with Gasteiger partial charge in [0.25, 0.3) is 5.91 Å². The molecule has 7 nitrogen and oxygen atoms in total. The minimum atomic E-state index is -0.558. The van der Waals surface area contributed by atoms with E-state index < -0.39 is 4.92 Å². The molecule has 1 fully saturated rings. The van der Waals surface area contributed by atoms with Gasteiger partial charge in [0.2, 0.25) is 0 Å². The second-order valence-electron chi connectivity index (χ2n) is 4.66. The van der Waals surface area contributed by atoms with E-state index in [9.17, 15) is 14.9 Å². The molecule has 0 radical (unpaired) electrons. The summed E-state index contributed by atoms with van der Waals surface area (Å²) in [7, 11) is 1.36. The van der Waals surface area contributed by atoms with E-state index in [-0.39, 0.29) is 41.4 Å². The average molecular weight is 316 g/mol. The number of hydrogen-bond acceptors (Lipinski definition) is 5. The number of halogens is 1. The van der Waals surface area contributed by atoms with Crippen molar-refractivity contribution >= 4 is 24.0 Å². The summed E-state index contributed by atoms with van der Waals surface area (Å²) in [5.74, 6) is -0.157. The zero-order valence-electron chi connectivity index (χ0n) is 11.6. The Bertz CT molecular complexity index is 518. The van der Waals surface area contributed by atoms with Gasteiger partial charge in [0.15, 0.2) is 5.75 Å². The number of hydrogen-bond donors (Lipinski definition) is 2. The Balaban J connectivity index is 0.00000220. The Morgan fingerprint density at radius 3 is 2.86 bits per heavy atom. The van der Waals surface area contributed by atoms with Crippen LogP contribution in [0.5, 0.6) is 5.75 Å². The first-order valence-corrected chi connectivity index (χ1v) is 6.46. The third kappa shape index (κ3) is 4.30. The number of nitrogens with one attached hydrogen (secondary N) is 2. The molecular weight excluding hydrogens is 298 g/mol. The van der Waals surface area contributed by atoms with E-state index in [4.69, 9.17) is 4.74 Å². The molecule has 1 aromatic rings. The molecule has 0 aromatic heterocycles. The van der Waals surface area contributed by atoms with E-state index in [2.05, 4.69) is 10.6 Å². The fourth-order valence-electron chi connectivity index (χ4n) is 2.22. The van der Waals surface area contributed by atoms with Crippen LogP contribution in [-0.4, -0.2) is 37.1 Å². The Morgan fingerprint density at radius 1 is 1.52 bits per heavy atom. The molecule has 0 saturated carbocycles. The van der Waals surface area contributed by atoms with Gasteiger partial charge in [-0.2, -0.15) is 0 Å². The van der Waals surface area contributed by atoms with Gasteiger partial charge in [-0.05, 0) is 31.5 Å². The minimum Gasteiger partial charge on any atom is -0.490 e. The van der Waals surface area contributed by atoms with Crippen LogP contribution in [0, 0.1) is 10.1 Å². The van der Waals surface area contributed by atoms with Crippen molar-refractivity contribution < 1.29 is 14.5 Å². The highest BCUT2D eigenvalue weighted by atomic mass is 35.5. The Hall–Kier alpha value is -1.86. The molecule has 1 aliphatic rings. The van der Waals surface area contributed by atoms with Gasteiger partial charge in [-0.1, -0.05) is 0 Å². The van der Waals surface area contributed by atoms with Crippen molar-refractivity contribution in [3.05, 3.63) is 33.9 Å². The highest BCUT2D eigenvalue weighted by molar-refractivity contribution is 5.95. The third-order valence-corrected chi connectivity index (χ3v) is 3.27. The third-order valence-electron chi connectivity index (χ3n) is 3.27. The highest BCUT2D eigenvalue weighted by Crippen LogP contribution is 2.27. The summed E-state index contributed by atoms with van der Waals surface area (Å²) < 4.78 is 4.91. The fraction of sp³-hybridized carbons (Fsp3) is 0.462. The van der Waals surface area contributed by atoms with Gasteiger partial charge in [-0.25, -0.2) is 0 Å². The predicted octanol–water partition coefficient (Wildman–Crippen LogP) is 1.51. The standard InChI is InChI=1S/C13H17N3O4.ClH/c1-20-12-5-4-9(7-11(12)16(18)19)13(17)15-10-3-2-6-14-8-10;/h4-5,7,10,14H,2-3,6,8H2,1H3,(H,15,17);1H/t10-;/m1./s1. The summed E-state index contributed by atoms with van der Waals surface area (Å²) >= 11 is 0. The second kappa shape index (κ2) is 7.80. The number of carbonyl (C=O) groups is 1. The molecule has 1 aliphatic heterocycles. The van der Waals surface area contributed by atoms with Gasteiger partial charge in [0, 0.05) is 24.2 Å². The number of nitro benzene ring substituents is 1. The van der Waals surface area contributed by atoms with Gasteiger partial charge in [0.05, 0.1) is 12.0 Å². The van der Waals surface area contributed by atoms with Crippen molar-refractivity contribution in [2.45, 2.75) is 18.9 Å². The number of amides is 1. The first-order chi connectivity index (χ1) is 9.61. The van der Waals surface area contributed by atoms with Crippen LogP contribution in [0.3, 0.4) is 0 Å². The van der Waals surface area contributed by atoms with E-state index in [0.29, 0.717) is 0 Å². The van der Waals surface area contributed by atoms with Crippen LogP contribution in [0.2, 0.25) is 0 Å². The molecule has 1 aromatic carbocycles. The summed E-state index contributed by atoms with van der Waals surface area (Å²) in [6.07, 6.45) is 1.92. The molecule has 1 saturated heterocycles. The quantitative estimate of drug-likeness (QED) is 0.649. The number of methoxy groups -OCH3 is 1. The lowest BCUT2D eigenvalue weighted by atomic mass is 10.1. The first kappa shape index (κ1) is 17.2. The van der Waals surface area contributed by atoms with Crippen LogP contribution in [0.4, 0.5) is 5.69 Å². The maximum Gasteiger partial charge on any atom is 0.311 e. The fourth-order valence-corrected chi connectivity index (χ4v) is 2.22. The lowest BCUT2D eigenvalue weighted by Gasteiger charge is -2.23. The molecule has 0 unspecified atom stereocenters.